The molecule has 0 atom stereocenters. The van der Waals surface area contributed by atoms with Gasteiger partial charge in [-0.05, 0) is 48.5 Å². The molecule has 1 amide bonds. The summed E-state index contributed by atoms with van der Waals surface area (Å²) in [6.07, 6.45) is 0. The van der Waals surface area contributed by atoms with Crippen LogP contribution in [0.1, 0.15) is 55.1 Å². The number of rotatable bonds is 4. The molecule has 1 rings (SSSR count). The molecule has 5 nitrogen and oxygen atoms in total. The van der Waals surface area contributed by atoms with Crippen LogP contribution in [0.3, 0.4) is 0 Å². The van der Waals surface area contributed by atoms with Crippen LogP contribution in [-0.4, -0.2) is 22.5 Å². The molecule has 1 aromatic rings. The molecule has 0 aromatic carbocycles. The molecule has 20 heavy (non-hydrogen) atoms. The quantitative estimate of drug-likeness (QED) is 0.889. The molecule has 0 radical (unpaired) electrons. The van der Waals surface area contributed by atoms with Crippen molar-refractivity contribution in [2.24, 2.45) is 5.41 Å². The Hall–Kier alpha value is -1.78. The summed E-state index contributed by atoms with van der Waals surface area (Å²) in [4.78, 5) is 23.8. The van der Waals surface area contributed by atoms with Crippen LogP contribution in [0, 0.1) is 26.2 Å². The van der Waals surface area contributed by atoms with Crippen molar-refractivity contribution in [3.05, 3.63) is 22.6 Å². The monoisotopic (exact) mass is 281 g/mol. The maximum absolute atomic E-state index is 12.4. The van der Waals surface area contributed by atoms with Gasteiger partial charge in [0.25, 0.3) is 5.91 Å². The van der Waals surface area contributed by atoms with E-state index >= 15 is 0 Å². The number of carbonyl (C=O) groups excluding carboxylic acids is 1. The first-order chi connectivity index (χ1) is 8.91. The van der Waals surface area contributed by atoms with E-state index in [1.807, 2.05) is 6.92 Å². The number of aryl methyl sites for hydroxylation is 2. The first-order valence-corrected chi connectivity index (χ1v) is 6.54. The minimum Gasteiger partial charge on any atom is -0.481 e. The van der Waals surface area contributed by atoms with Crippen LogP contribution >= 0.6 is 0 Å². The lowest BCUT2D eigenvalue weighted by molar-refractivity contribution is -0.150. The molecule has 0 saturated carbocycles. The number of carboxylic acids is 1. The molecule has 1 aromatic heterocycles. The standard InChI is InChI=1S/C15H23NO4/c1-8-9(2)20-10(3)11(8)12(17)16-15(6,7)14(4,5)13(18)19/h1-7H3,(H,16,17)(H,18,19). The third-order valence-corrected chi connectivity index (χ3v) is 4.31. The molecule has 5 heteroatoms. The predicted octanol–water partition coefficient (Wildman–Crippen LogP) is 2.82. The maximum atomic E-state index is 12.4. The second-order valence-electron chi connectivity index (χ2n) is 6.22. The van der Waals surface area contributed by atoms with E-state index in [0.717, 1.165) is 5.56 Å². The Balaban J connectivity index is 3.10. The largest absolute Gasteiger partial charge is 0.481 e. The summed E-state index contributed by atoms with van der Waals surface area (Å²) in [6, 6.07) is 0. The van der Waals surface area contributed by atoms with Crippen molar-refractivity contribution in [1.29, 1.82) is 0 Å². The molecular formula is C15H23NO4. The highest BCUT2D eigenvalue weighted by Gasteiger charge is 2.44. The fourth-order valence-corrected chi connectivity index (χ4v) is 1.90. The summed E-state index contributed by atoms with van der Waals surface area (Å²) < 4.78 is 5.44. The van der Waals surface area contributed by atoms with Crippen molar-refractivity contribution in [3.63, 3.8) is 0 Å². The molecule has 1 heterocycles. The molecule has 0 spiro atoms. The Morgan fingerprint density at radius 2 is 1.55 bits per heavy atom. The third-order valence-electron chi connectivity index (χ3n) is 4.31. The zero-order chi connectivity index (χ0) is 15.9. The number of hydrogen-bond acceptors (Lipinski definition) is 3. The molecule has 2 N–H and O–H groups in total. The van der Waals surface area contributed by atoms with Crippen LogP contribution in [0.15, 0.2) is 4.42 Å². The van der Waals surface area contributed by atoms with E-state index in [1.165, 1.54) is 0 Å². The summed E-state index contributed by atoms with van der Waals surface area (Å²) in [5, 5.41) is 12.1. The second kappa shape index (κ2) is 4.96. The number of furan rings is 1. The van der Waals surface area contributed by atoms with E-state index in [0.29, 0.717) is 17.1 Å². The fraction of sp³-hybridized carbons (Fsp3) is 0.600. The zero-order valence-electron chi connectivity index (χ0n) is 13.2. The Morgan fingerprint density at radius 3 is 1.90 bits per heavy atom. The summed E-state index contributed by atoms with van der Waals surface area (Å²) in [5.41, 5.74) is -0.732. The number of hydrogen-bond donors (Lipinski definition) is 2. The van der Waals surface area contributed by atoms with Gasteiger partial charge in [0.15, 0.2) is 0 Å². The normalized spacial score (nSPS) is 12.3. The molecule has 0 fully saturated rings. The van der Waals surface area contributed by atoms with Gasteiger partial charge in [0.2, 0.25) is 0 Å². The van der Waals surface area contributed by atoms with E-state index in [2.05, 4.69) is 5.32 Å². The van der Waals surface area contributed by atoms with Gasteiger partial charge in [0, 0.05) is 5.56 Å². The van der Waals surface area contributed by atoms with Gasteiger partial charge in [-0.15, -0.1) is 0 Å². The molecular weight excluding hydrogens is 258 g/mol. The lowest BCUT2D eigenvalue weighted by Crippen LogP contribution is -2.57. The summed E-state index contributed by atoms with van der Waals surface area (Å²) >= 11 is 0. The van der Waals surface area contributed by atoms with E-state index in [1.54, 1.807) is 41.5 Å². The third kappa shape index (κ3) is 2.57. The van der Waals surface area contributed by atoms with Crippen molar-refractivity contribution >= 4 is 11.9 Å². The van der Waals surface area contributed by atoms with Gasteiger partial charge in [-0.3, -0.25) is 9.59 Å². The Labute approximate surface area is 119 Å². The first-order valence-electron chi connectivity index (χ1n) is 6.54. The van der Waals surface area contributed by atoms with Crippen LogP contribution in [0.2, 0.25) is 0 Å². The van der Waals surface area contributed by atoms with Crippen molar-refractivity contribution < 1.29 is 19.1 Å². The highest BCUT2D eigenvalue weighted by molar-refractivity contribution is 5.97. The predicted molar refractivity (Wildman–Crippen MR) is 75.9 cm³/mol. The average molecular weight is 281 g/mol. The SMILES string of the molecule is Cc1oc(C)c(C(=O)NC(C)(C)C(C)(C)C(=O)O)c1C. The number of amides is 1. The Kier molecular flexibility index (Phi) is 4.04. The van der Waals surface area contributed by atoms with E-state index in [9.17, 15) is 14.7 Å². The first kappa shape index (κ1) is 16.3. The van der Waals surface area contributed by atoms with Crippen molar-refractivity contribution in [2.45, 2.75) is 54.0 Å². The van der Waals surface area contributed by atoms with Crippen LogP contribution < -0.4 is 5.32 Å². The minimum absolute atomic E-state index is 0.309. The Bertz CT molecular complexity index is 552. The molecule has 0 aliphatic heterocycles. The van der Waals surface area contributed by atoms with E-state index < -0.39 is 16.9 Å². The van der Waals surface area contributed by atoms with Crippen LogP contribution in [-0.2, 0) is 4.79 Å². The van der Waals surface area contributed by atoms with Crippen LogP contribution in [0.4, 0.5) is 0 Å². The van der Waals surface area contributed by atoms with Gasteiger partial charge < -0.3 is 14.8 Å². The fourth-order valence-electron chi connectivity index (χ4n) is 1.90. The van der Waals surface area contributed by atoms with Crippen LogP contribution in [0.25, 0.3) is 0 Å². The topological polar surface area (TPSA) is 79.5 Å². The Morgan fingerprint density at radius 1 is 1.05 bits per heavy atom. The van der Waals surface area contributed by atoms with Gasteiger partial charge in [-0.25, -0.2) is 0 Å². The molecule has 0 aliphatic carbocycles. The molecule has 112 valence electrons. The van der Waals surface area contributed by atoms with Gasteiger partial charge in [0.1, 0.15) is 11.5 Å². The van der Waals surface area contributed by atoms with Crippen molar-refractivity contribution in [3.8, 4) is 0 Å². The van der Waals surface area contributed by atoms with E-state index in [-0.39, 0.29) is 5.91 Å². The minimum atomic E-state index is -1.09. The highest BCUT2D eigenvalue weighted by atomic mass is 16.4. The number of carbonyl (C=O) groups is 2. The van der Waals surface area contributed by atoms with Gasteiger partial charge in [-0.2, -0.15) is 0 Å². The summed E-state index contributed by atoms with van der Waals surface area (Å²) in [5.74, 6) is -0.0276. The number of nitrogens with one attached hydrogen (secondary N) is 1. The zero-order valence-corrected chi connectivity index (χ0v) is 13.2. The van der Waals surface area contributed by atoms with Crippen LogP contribution in [0.5, 0.6) is 0 Å². The molecule has 0 aliphatic rings. The molecule has 0 bridgehead atoms. The molecule has 0 saturated heterocycles. The van der Waals surface area contributed by atoms with Gasteiger partial charge in [-0.1, -0.05) is 0 Å². The smallest absolute Gasteiger partial charge is 0.311 e. The van der Waals surface area contributed by atoms with Gasteiger partial charge in [0.05, 0.1) is 16.5 Å². The van der Waals surface area contributed by atoms with Gasteiger partial charge >= 0.3 is 5.97 Å². The second-order valence-corrected chi connectivity index (χ2v) is 6.22. The lowest BCUT2D eigenvalue weighted by Gasteiger charge is -2.38. The van der Waals surface area contributed by atoms with Crippen molar-refractivity contribution in [2.75, 3.05) is 0 Å². The summed E-state index contributed by atoms with van der Waals surface area (Å²) in [6.45, 7) is 11.9. The highest BCUT2D eigenvalue weighted by Crippen LogP contribution is 2.31. The molecule has 0 unspecified atom stereocenters. The van der Waals surface area contributed by atoms with Crippen molar-refractivity contribution in [1.82, 2.24) is 5.32 Å². The lowest BCUT2D eigenvalue weighted by atomic mass is 9.74. The maximum Gasteiger partial charge on any atom is 0.311 e. The number of aliphatic carboxylic acids is 1. The number of carboxylic acid groups (broad SMARTS) is 1. The average Bonchev–Trinajstić information content (AvgIpc) is 2.51. The summed E-state index contributed by atoms with van der Waals surface area (Å²) in [7, 11) is 0. The van der Waals surface area contributed by atoms with E-state index in [4.69, 9.17) is 4.42 Å².